The Morgan fingerprint density at radius 3 is 2.60 bits per heavy atom. The Morgan fingerprint density at radius 1 is 1.06 bits per heavy atom. The van der Waals surface area contributed by atoms with E-state index in [1.165, 1.54) is 11.8 Å². The molecule has 0 spiro atoms. The number of hydrogen-bond donors (Lipinski definition) is 1. The maximum Gasteiger partial charge on any atom is 0.264 e. The van der Waals surface area contributed by atoms with Gasteiger partial charge in [0, 0.05) is 0 Å². The highest BCUT2D eigenvalue weighted by atomic mass is 127. The summed E-state index contributed by atoms with van der Waals surface area (Å²) in [5.41, 5.74) is 2.12. The fourth-order valence-electron chi connectivity index (χ4n) is 3.07. The second kappa shape index (κ2) is 11.6. The third kappa shape index (κ3) is 6.39. The van der Waals surface area contributed by atoms with Gasteiger partial charge in [0.15, 0.2) is 16.7 Å². The first-order valence-corrected chi connectivity index (χ1v) is 13.3. The molecule has 1 saturated heterocycles. The van der Waals surface area contributed by atoms with E-state index in [4.69, 9.17) is 55.9 Å². The van der Waals surface area contributed by atoms with Crippen LogP contribution in [0.3, 0.4) is 0 Å². The summed E-state index contributed by atoms with van der Waals surface area (Å²) in [5.74, 6) is 0.857. The molecule has 4 rings (SSSR count). The smallest absolute Gasteiger partial charge is 0.264 e. The van der Waals surface area contributed by atoms with E-state index < -0.39 is 0 Å². The van der Waals surface area contributed by atoms with E-state index in [9.17, 15) is 4.79 Å². The molecule has 0 aliphatic carbocycles. The fraction of sp³-hybridized carbons (Fsp3) is 0.0833. The van der Waals surface area contributed by atoms with Crippen LogP contribution in [-0.2, 0) is 11.4 Å². The van der Waals surface area contributed by atoms with Gasteiger partial charge in [-0.1, -0.05) is 58.5 Å². The van der Waals surface area contributed by atoms with Crippen LogP contribution >= 0.6 is 80.8 Å². The van der Waals surface area contributed by atoms with Gasteiger partial charge in [-0.3, -0.25) is 4.79 Å². The molecule has 0 unspecified atom stereocenters. The number of amides is 1. The highest BCUT2D eigenvalue weighted by Gasteiger charge is 2.24. The molecule has 0 bridgehead atoms. The van der Waals surface area contributed by atoms with Crippen LogP contribution in [-0.4, -0.2) is 18.2 Å². The molecule has 0 radical (unpaired) electrons. The van der Waals surface area contributed by atoms with E-state index in [0.717, 1.165) is 14.7 Å². The van der Waals surface area contributed by atoms with Crippen molar-refractivity contribution in [2.24, 2.45) is 4.99 Å². The number of nitrogens with one attached hydrogen (secondary N) is 1. The highest BCUT2D eigenvalue weighted by molar-refractivity contribution is 14.1. The Morgan fingerprint density at radius 2 is 1.86 bits per heavy atom. The Bertz CT molecular complexity index is 1380. The lowest BCUT2D eigenvalue weighted by Crippen LogP contribution is -2.19. The number of rotatable bonds is 6. The van der Waals surface area contributed by atoms with Crippen LogP contribution in [0.2, 0.25) is 20.1 Å². The van der Waals surface area contributed by atoms with Crippen molar-refractivity contribution in [2.75, 3.05) is 7.11 Å². The second-order valence-corrected chi connectivity index (χ2v) is 10.9. The average Bonchev–Trinajstić information content (AvgIpc) is 3.16. The van der Waals surface area contributed by atoms with Crippen molar-refractivity contribution < 1.29 is 14.3 Å². The van der Waals surface area contributed by atoms with E-state index in [-0.39, 0.29) is 12.5 Å². The number of benzene rings is 3. The molecular weight excluding hydrogens is 665 g/mol. The van der Waals surface area contributed by atoms with Crippen molar-refractivity contribution in [3.63, 3.8) is 0 Å². The number of ether oxygens (including phenoxy) is 2. The first-order valence-electron chi connectivity index (χ1n) is 9.93. The Kier molecular flexibility index (Phi) is 8.78. The van der Waals surface area contributed by atoms with E-state index in [1.54, 1.807) is 49.6 Å². The number of thioether (sulfide) groups is 1. The molecule has 3 aromatic carbocycles. The number of aliphatic imine (C=N–C) groups is 1. The van der Waals surface area contributed by atoms with Crippen molar-refractivity contribution in [2.45, 2.75) is 6.61 Å². The third-order valence-corrected chi connectivity index (χ3v) is 7.98. The monoisotopic (exact) mass is 678 g/mol. The van der Waals surface area contributed by atoms with Crippen molar-refractivity contribution in [3.05, 3.63) is 88.2 Å². The number of carbonyl (C=O) groups is 1. The van der Waals surface area contributed by atoms with Gasteiger partial charge in [-0.2, -0.15) is 0 Å². The summed E-state index contributed by atoms with van der Waals surface area (Å²) >= 11 is 27.7. The van der Waals surface area contributed by atoms with E-state index in [2.05, 4.69) is 32.9 Å². The van der Waals surface area contributed by atoms with Gasteiger partial charge in [0.1, 0.15) is 6.61 Å². The molecule has 35 heavy (non-hydrogen) atoms. The highest BCUT2D eigenvalue weighted by Crippen LogP contribution is 2.38. The molecule has 1 fully saturated rings. The molecular formula is C24H15Cl4IN2O3S. The summed E-state index contributed by atoms with van der Waals surface area (Å²) in [6, 6.07) is 14.2. The van der Waals surface area contributed by atoms with Crippen molar-refractivity contribution in [1.29, 1.82) is 0 Å². The maximum absolute atomic E-state index is 12.5. The molecule has 3 aromatic rings. The molecule has 1 aliphatic rings. The SMILES string of the molecule is COc1cc(/C=C2/SC(=Nc3cccc(Cl)c3Cl)NC2=O)cc(I)c1OCc1ccc(Cl)c(Cl)c1. The van der Waals surface area contributed by atoms with Crippen LogP contribution in [0.5, 0.6) is 11.5 Å². The Hall–Kier alpha value is -1.62. The normalized spacial score (nSPS) is 15.5. The lowest BCUT2D eigenvalue weighted by atomic mass is 10.2. The Balaban J connectivity index is 1.55. The van der Waals surface area contributed by atoms with Gasteiger partial charge >= 0.3 is 0 Å². The quantitative estimate of drug-likeness (QED) is 0.210. The van der Waals surface area contributed by atoms with Gasteiger partial charge in [-0.15, -0.1) is 0 Å². The summed E-state index contributed by atoms with van der Waals surface area (Å²) in [6.45, 7) is 0.286. The van der Waals surface area contributed by atoms with Crippen molar-refractivity contribution in [1.82, 2.24) is 5.32 Å². The minimum atomic E-state index is -0.263. The van der Waals surface area contributed by atoms with E-state index >= 15 is 0 Å². The third-order valence-electron chi connectivity index (χ3n) is 4.72. The topological polar surface area (TPSA) is 59.9 Å². The zero-order chi connectivity index (χ0) is 25.1. The predicted octanol–water partition coefficient (Wildman–Crippen LogP) is 8.38. The molecule has 180 valence electrons. The molecule has 1 heterocycles. The molecule has 0 saturated carbocycles. The number of hydrogen-bond acceptors (Lipinski definition) is 5. The largest absolute Gasteiger partial charge is 0.493 e. The second-order valence-electron chi connectivity index (χ2n) is 7.13. The van der Waals surface area contributed by atoms with Gasteiger partial charge in [-0.25, -0.2) is 4.99 Å². The van der Waals surface area contributed by atoms with Crippen LogP contribution in [0.4, 0.5) is 5.69 Å². The molecule has 0 aromatic heterocycles. The zero-order valence-corrected chi connectivity index (χ0v) is 23.9. The van der Waals surface area contributed by atoms with Gasteiger partial charge in [0.05, 0.1) is 41.4 Å². The van der Waals surface area contributed by atoms with Crippen LogP contribution in [0.1, 0.15) is 11.1 Å². The lowest BCUT2D eigenvalue weighted by Gasteiger charge is -2.14. The number of amidine groups is 1. The number of halogens is 5. The first kappa shape index (κ1) is 26.4. The molecule has 0 atom stereocenters. The fourth-order valence-corrected chi connectivity index (χ4v) is 5.34. The molecule has 1 amide bonds. The zero-order valence-electron chi connectivity index (χ0n) is 17.9. The van der Waals surface area contributed by atoms with Crippen molar-refractivity contribution >= 4 is 104 Å². The van der Waals surface area contributed by atoms with E-state index in [1.807, 2.05) is 12.1 Å². The van der Waals surface area contributed by atoms with Crippen LogP contribution in [0, 0.1) is 3.57 Å². The van der Waals surface area contributed by atoms with Gasteiger partial charge in [-0.05, 0) is 88.0 Å². The summed E-state index contributed by atoms with van der Waals surface area (Å²) in [6.07, 6.45) is 1.76. The maximum atomic E-state index is 12.5. The minimum Gasteiger partial charge on any atom is -0.493 e. The molecule has 1 N–H and O–H groups in total. The lowest BCUT2D eigenvalue weighted by molar-refractivity contribution is -0.115. The van der Waals surface area contributed by atoms with Crippen LogP contribution in [0.15, 0.2) is 58.4 Å². The van der Waals surface area contributed by atoms with Crippen LogP contribution in [0.25, 0.3) is 6.08 Å². The van der Waals surface area contributed by atoms with Gasteiger partial charge < -0.3 is 14.8 Å². The van der Waals surface area contributed by atoms with Gasteiger partial charge in [0.2, 0.25) is 0 Å². The van der Waals surface area contributed by atoms with Gasteiger partial charge in [0.25, 0.3) is 5.91 Å². The molecule has 11 heteroatoms. The summed E-state index contributed by atoms with van der Waals surface area (Å²) in [5, 5.41) is 4.82. The summed E-state index contributed by atoms with van der Waals surface area (Å²) in [7, 11) is 1.56. The van der Waals surface area contributed by atoms with Crippen LogP contribution < -0.4 is 14.8 Å². The molecule has 1 aliphatic heterocycles. The first-order chi connectivity index (χ1) is 16.7. The number of carbonyl (C=O) groups excluding carboxylic acids is 1. The standard InChI is InChI=1S/C24H15Cl4IN2O3S/c1-33-19-9-13(8-17(29)22(19)34-11-12-5-6-14(25)16(27)7-12)10-20-23(32)31-24(35-20)30-18-4-2-3-15(26)21(18)28/h2-10H,11H2,1H3,(H,30,31,32)/b20-10+. The van der Waals surface area contributed by atoms with Crippen molar-refractivity contribution in [3.8, 4) is 11.5 Å². The summed E-state index contributed by atoms with van der Waals surface area (Å²) in [4.78, 5) is 17.4. The average molecular weight is 680 g/mol. The minimum absolute atomic E-state index is 0.263. The molecule has 5 nitrogen and oxygen atoms in total. The Labute approximate surface area is 239 Å². The predicted molar refractivity (Wildman–Crippen MR) is 154 cm³/mol. The van der Waals surface area contributed by atoms with E-state index in [0.29, 0.717) is 47.3 Å². The number of nitrogens with zero attached hydrogens (tertiary/aromatic N) is 1. The summed E-state index contributed by atoms with van der Waals surface area (Å²) < 4.78 is 12.4. The number of methoxy groups -OCH3 is 1.